The number of H-pyrrole nitrogens is 1. The van der Waals surface area contributed by atoms with Crippen molar-refractivity contribution in [1.29, 1.82) is 0 Å². The minimum absolute atomic E-state index is 0.112. The van der Waals surface area contributed by atoms with Gasteiger partial charge >= 0.3 is 5.97 Å². The first-order valence-corrected chi connectivity index (χ1v) is 6.42. The van der Waals surface area contributed by atoms with Crippen LogP contribution in [0.4, 0.5) is 0 Å². The van der Waals surface area contributed by atoms with E-state index in [0.29, 0.717) is 21.8 Å². The normalized spacial score (nSPS) is 11.1. The summed E-state index contributed by atoms with van der Waals surface area (Å²) < 4.78 is 0. The van der Waals surface area contributed by atoms with Crippen LogP contribution in [0.1, 0.15) is 22.8 Å². The van der Waals surface area contributed by atoms with Gasteiger partial charge in [0.1, 0.15) is 0 Å². The van der Waals surface area contributed by atoms with E-state index in [-0.39, 0.29) is 11.0 Å². The van der Waals surface area contributed by atoms with Gasteiger partial charge in [0.05, 0.1) is 11.1 Å². The van der Waals surface area contributed by atoms with E-state index in [1.54, 1.807) is 12.1 Å². The Hall–Kier alpha value is -2.62. The molecule has 0 fully saturated rings. The van der Waals surface area contributed by atoms with E-state index in [0.717, 1.165) is 12.0 Å². The third kappa shape index (κ3) is 1.77. The number of aromatic nitrogens is 1. The zero-order chi connectivity index (χ0) is 14.3. The molecule has 0 bridgehead atoms. The lowest BCUT2D eigenvalue weighted by molar-refractivity contribution is 0.0699. The molecule has 2 aromatic carbocycles. The fourth-order valence-electron chi connectivity index (χ4n) is 2.44. The molecule has 0 amide bonds. The first kappa shape index (κ1) is 12.4. The summed E-state index contributed by atoms with van der Waals surface area (Å²) in [6.45, 7) is 2.03. The smallest absolute Gasteiger partial charge is 0.337 e. The summed E-state index contributed by atoms with van der Waals surface area (Å²) in [5.74, 6) is -1.05. The van der Waals surface area contributed by atoms with E-state index < -0.39 is 5.97 Å². The Morgan fingerprint density at radius 1 is 1.20 bits per heavy atom. The van der Waals surface area contributed by atoms with Crippen molar-refractivity contribution >= 4 is 27.8 Å². The highest BCUT2D eigenvalue weighted by Crippen LogP contribution is 2.19. The molecule has 0 aliphatic carbocycles. The second-order valence-corrected chi connectivity index (χ2v) is 4.72. The number of hydrogen-bond acceptors (Lipinski definition) is 2. The van der Waals surface area contributed by atoms with Gasteiger partial charge in [0.15, 0.2) is 5.43 Å². The number of nitrogens with one attached hydrogen (secondary N) is 1. The summed E-state index contributed by atoms with van der Waals surface area (Å²) in [6, 6.07) is 10.4. The average molecular weight is 267 g/mol. The molecule has 0 atom stereocenters. The minimum Gasteiger partial charge on any atom is -0.478 e. The molecule has 1 aromatic heterocycles. The van der Waals surface area contributed by atoms with Gasteiger partial charge in [-0.25, -0.2) is 4.79 Å². The molecular weight excluding hydrogens is 254 g/mol. The highest BCUT2D eigenvalue weighted by molar-refractivity contribution is 6.04. The van der Waals surface area contributed by atoms with Crippen molar-refractivity contribution in [3.8, 4) is 0 Å². The Kier molecular flexibility index (Phi) is 2.79. The van der Waals surface area contributed by atoms with Gasteiger partial charge in [0.25, 0.3) is 0 Å². The number of aromatic carboxylic acids is 1. The Morgan fingerprint density at radius 2 is 2.00 bits per heavy atom. The fraction of sp³-hybridized carbons (Fsp3) is 0.125. The SMILES string of the molecule is CCc1ccc2[nH]c3c(C(=O)O)cccc3c(=O)c2c1. The number of carbonyl (C=O) groups is 1. The summed E-state index contributed by atoms with van der Waals surface area (Å²) in [5, 5.41) is 10.2. The van der Waals surface area contributed by atoms with Gasteiger partial charge in [0.2, 0.25) is 0 Å². The summed E-state index contributed by atoms with van der Waals surface area (Å²) >= 11 is 0. The average Bonchev–Trinajstić information content (AvgIpc) is 2.46. The van der Waals surface area contributed by atoms with Gasteiger partial charge in [0, 0.05) is 16.3 Å². The Morgan fingerprint density at radius 3 is 2.70 bits per heavy atom. The lowest BCUT2D eigenvalue weighted by Crippen LogP contribution is -2.08. The van der Waals surface area contributed by atoms with Crippen LogP contribution in [0.5, 0.6) is 0 Å². The molecule has 3 aromatic rings. The number of carboxylic acids is 1. The molecule has 0 aliphatic rings. The van der Waals surface area contributed by atoms with E-state index in [4.69, 9.17) is 0 Å². The summed E-state index contributed by atoms with van der Waals surface area (Å²) in [7, 11) is 0. The Bertz CT molecular complexity index is 893. The molecule has 4 nitrogen and oxygen atoms in total. The molecule has 0 radical (unpaired) electrons. The predicted molar refractivity (Wildman–Crippen MR) is 78.4 cm³/mol. The third-order valence-corrected chi connectivity index (χ3v) is 3.54. The molecule has 0 saturated carbocycles. The minimum atomic E-state index is -1.05. The van der Waals surface area contributed by atoms with E-state index >= 15 is 0 Å². The molecule has 100 valence electrons. The van der Waals surface area contributed by atoms with Crippen molar-refractivity contribution in [2.75, 3.05) is 0 Å². The molecule has 1 heterocycles. The highest BCUT2D eigenvalue weighted by Gasteiger charge is 2.12. The summed E-state index contributed by atoms with van der Waals surface area (Å²) in [6.07, 6.45) is 0.850. The van der Waals surface area contributed by atoms with Crippen molar-refractivity contribution in [1.82, 2.24) is 4.98 Å². The number of hydrogen-bond donors (Lipinski definition) is 2. The van der Waals surface area contributed by atoms with Gasteiger partial charge in [-0.05, 0) is 36.2 Å². The number of para-hydroxylation sites is 1. The van der Waals surface area contributed by atoms with Crippen molar-refractivity contribution in [3.05, 3.63) is 57.7 Å². The molecule has 4 heteroatoms. The second-order valence-electron chi connectivity index (χ2n) is 4.72. The molecule has 2 N–H and O–H groups in total. The van der Waals surface area contributed by atoms with Gasteiger partial charge in [-0.3, -0.25) is 4.79 Å². The zero-order valence-corrected chi connectivity index (χ0v) is 10.9. The van der Waals surface area contributed by atoms with Crippen LogP contribution in [0, 0.1) is 0 Å². The Balaban J connectivity index is 2.50. The number of pyridine rings is 1. The standard InChI is InChI=1S/C16H13NO3/c1-2-9-6-7-13-12(8-9)15(18)10-4-3-5-11(16(19)20)14(10)17-13/h3-8H,2H2,1H3,(H,17,18)(H,19,20). The monoisotopic (exact) mass is 267 g/mol. The van der Waals surface area contributed by atoms with Crippen LogP contribution in [-0.4, -0.2) is 16.1 Å². The van der Waals surface area contributed by atoms with Gasteiger partial charge in [-0.2, -0.15) is 0 Å². The topological polar surface area (TPSA) is 70.2 Å². The highest BCUT2D eigenvalue weighted by atomic mass is 16.4. The van der Waals surface area contributed by atoms with Crippen LogP contribution < -0.4 is 5.43 Å². The van der Waals surface area contributed by atoms with E-state index in [9.17, 15) is 14.7 Å². The van der Waals surface area contributed by atoms with Crippen LogP contribution in [-0.2, 0) is 6.42 Å². The van der Waals surface area contributed by atoms with Crippen molar-refractivity contribution < 1.29 is 9.90 Å². The molecule has 20 heavy (non-hydrogen) atoms. The van der Waals surface area contributed by atoms with Crippen LogP contribution in [0.15, 0.2) is 41.2 Å². The third-order valence-electron chi connectivity index (χ3n) is 3.54. The van der Waals surface area contributed by atoms with Gasteiger partial charge < -0.3 is 10.1 Å². The van der Waals surface area contributed by atoms with Gasteiger partial charge in [-0.1, -0.05) is 19.1 Å². The zero-order valence-electron chi connectivity index (χ0n) is 10.9. The first-order chi connectivity index (χ1) is 9.61. The quantitative estimate of drug-likeness (QED) is 0.701. The largest absolute Gasteiger partial charge is 0.478 e. The van der Waals surface area contributed by atoms with Crippen molar-refractivity contribution in [2.45, 2.75) is 13.3 Å². The molecular formula is C16H13NO3. The van der Waals surface area contributed by atoms with E-state index in [1.807, 2.05) is 25.1 Å². The molecule has 0 unspecified atom stereocenters. The number of fused-ring (bicyclic) bond motifs is 2. The van der Waals surface area contributed by atoms with E-state index in [1.165, 1.54) is 6.07 Å². The number of aryl methyl sites for hydroxylation is 1. The van der Waals surface area contributed by atoms with Crippen molar-refractivity contribution in [3.63, 3.8) is 0 Å². The lowest BCUT2D eigenvalue weighted by atomic mass is 10.0. The molecule has 3 rings (SSSR count). The number of rotatable bonds is 2. The van der Waals surface area contributed by atoms with E-state index in [2.05, 4.69) is 4.98 Å². The lowest BCUT2D eigenvalue weighted by Gasteiger charge is -2.06. The van der Waals surface area contributed by atoms with Crippen LogP contribution in [0.3, 0.4) is 0 Å². The first-order valence-electron chi connectivity index (χ1n) is 6.42. The Labute approximate surface area is 114 Å². The summed E-state index contributed by atoms with van der Waals surface area (Å²) in [5.41, 5.74) is 2.10. The number of benzene rings is 2. The second kappa shape index (κ2) is 4.49. The molecule has 0 aliphatic heterocycles. The fourth-order valence-corrected chi connectivity index (χ4v) is 2.44. The predicted octanol–water partition coefficient (Wildman–Crippen LogP) is 2.94. The van der Waals surface area contributed by atoms with Crippen molar-refractivity contribution in [2.24, 2.45) is 0 Å². The maximum Gasteiger partial charge on any atom is 0.337 e. The number of carboxylic acid groups (broad SMARTS) is 1. The van der Waals surface area contributed by atoms with Crippen LogP contribution in [0.2, 0.25) is 0 Å². The van der Waals surface area contributed by atoms with Gasteiger partial charge in [-0.15, -0.1) is 0 Å². The maximum atomic E-state index is 12.5. The molecule has 0 spiro atoms. The molecule has 0 saturated heterocycles. The number of aromatic amines is 1. The van der Waals surface area contributed by atoms with Crippen LogP contribution in [0.25, 0.3) is 21.8 Å². The van der Waals surface area contributed by atoms with Crippen LogP contribution >= 0.6 is 0 Å². The summed E-state index contributed by atoms with van der Waals surface area (Å²) in [4.78, 5) is 26.8. The maximum absolute atomic E-state index is 12.5.